The Morgan fingerprint density at radius 3 is 1.04 bits per heavy atom. The number of alkyl halides is 3. The summed E-state index contributed by atoms with van der Waals surface area (Å²) in [6, 6.07) is 23.2. The van der Waals surface area contributed by atoms with E-state index in [-0.39, 0.29) is 54.9 Å². The summed E-state index contributed by atoms with van der Waals surface area (Å²) >= 11 is 14.4. The summed E-state index contributed by atoms with van der Waals surface area (Å²) in [5.74, 6) is -2.17. The Balaban J connectivity index is 0.000000718. The predicted octanol–water partition coefficient (Wildman–Crippen LogP) is 1.70. The van der Waals surface area contributed by atoms with Crippen LogP contribution >= 0.6 is 34.8 Å². The van der Waals surface area contributed by atoms with Crippen molar-refractivity contribution in [2.45, 2.75) is 18.1 Å². The number of pyridine rings is 3. The van der Waals surface area contributed by atoms with Crippen molar-refractivity contribution in [2.24, 2.45) is 0 Å². The number of carbonyl (C=O) groups is 2. The molecule has 0 unspecified atom stereocenters. The van der Waals surface area contributed by atoms with Crippen molar-refractivity contribution in [1.29, 1.82) is 0 Å². The van der Waals surface area contributed by atoms with Gasteiger partial charge in [0.1, 0.15) is 17.1 Å². The molecule has 0 atom stereocenters. The van der Waals surface area contributed by atoms with Gasteiger partial charge < -0.3 is 39.1 Å². The van der Waals surface area contributed by atoms with Crippen LogP contribution in [0.2, 0.25) is 0 Å². The molecule has 48 heavy (non-hydrogen) atoms. The van der Waals surface area contributed by atoms with Crippen LogP contribution in [0.3, 0.4) is 0 Å². The molecular weight excluding hydrogens is 824 g/mol. The van der Waals surface area contributed by atoms with Crippen LogP contribution in [-0.2, 0) is 15.1 Å². The Morgan fingerprint density at radius 2 is 0.833 bits per heavy atom. The Hall–Kier alpha value is -3.50. The number of carboxylic acid groups (broad SMARTS) is 2. The molecule has 0 amide bonds. The maximum Gasteiger partial charge on any atom is 3.00 e. The predicted molar refractivity (Wildman–Crippen MR) is 177 cm³/mol. The van der Waals surface area contributed by atoms with Gasteiger partial charge in [0.2, 0.25) is 0 Å². The van der Waals surface area contributed by atoms with Gasteiger partial charge in [-0.2, -0.15) is 0 Å². The Bertz CT molecular complexity index is 1590. The third kappa shape index (κ3) is 14.3. The van der Waals surface area contributed by atoms with Crippen molar-refractivity contribution in [3.63, 3.8) is 0 Å². The zero-order valence-electron chi connectivity index (χ0n) is 25.4. The summed E-state index contributed by atoms with van der Waals surface area (Å²) in [5, 5.41) is 32.3. The van der Waals surface area contributed by atoms with E-state index in [4.69, 9.17) is 69.9 Å². The van der Waals surface area contributed by atoms with Crippen LogP contribution in [0.15, 0.2) is 110 Å². The second kappa shape index (κ2) is 22.2. The summed E-state index contributed by atoms with van der Waals surface area (Å²) in [6.07, 6.45) is 11.1. The smallest absolute Gasteiger partial charge is 0.550 e. The molecule has 250 valence electrons. The number of aliphatic carboxylic acids is 2. The number of aromatic nitrogens is 9. The topological polar surface area (TPSA) is 205 Å². The molecule has 6 heterocycles. The average Bonchev–Trinajstić information content (AvgIpc) is 3.81. The monoisotopic (exact) mass is 852 g/mol. The first kappa shape index (κ1) is 42.5. The molecule has 0 aliphatic carbocycles. The van der Waals surface area contributed by atoms with Crippen LogP contribution < -0.4 is 10.2 Å². The molecule has 0 saturated carbocycles. The number of halogens is 3. The van der Waals surface area contributed by atoms with Gasteiger partial charge >= 0.3 is 56.5 Å². The van der Waals surface area contributed by atoms with Crippen molar-refractivity contribution < 1.29 is 74.7 Å². The SMILES string of the molecule is CC(=O)[O-].CC(=O)[O-].ClC(Cl)Cl.[Eu+3].[OH3+].c1ccc(-c2ccn([BH-](n3ccc(-c4ccccn4)n3)n3ccc(-c4ccccn4)n3)n2)nc1. The van der Waals surface area contributed by atoms with Crippen molar-refractivity contribution in [1.82, 2.24) is 44.0 Å². The number of nitrogens with zero attached hydrogens (tertiary/aromatic N) is 9. The van der Waals surface area contributed by atoms with E-state index >= 15 is 0 Å². The first-order chi connectivity index (χ1) is 22.0. The fraction of sp³-hybridized carbons (Fsp3) is 0.103. The number of hydrogen-bond acceptors (Lipinski definition) is 10. The maximum atomic E-state index is 8.89. The number of carbonyl (C=O) groups excluding carboxylic acids is 2. The molecule has 0 bridgehead atoms. The van der Waals surface area contributed by atoms with Gasteiger partial charge in [0.25, 0.3) is 0 Å². The van der Waals surface area contributed by atoms with Crippen LogP contribution in [0, 0.1) is 49.4 Å². The van der Waals surface area contributed by atoms with Crippen LogP contribution in [0.25, 0.3) is 34.2 Å². The van der Waals surface area contributed by atoms with E-state index in [1.807, 2.05) is 105 Å². The van der Waals surface area contributed by atoms with E-state index in [0.29, 0.717) is 0 Å². The quantitative estimate of drug-likeness (QED) is 0.135. The molecule has 0 aliphatic rings. The van der Waals surface area contributed by atoms with Crippen molar-refractivity contribution in [2.75, 3.05) is 0 Å². The Morgan fingerprint density at radius 1 is 0.583 bits per heavy atom. The molecule has 0 fully saturated rings. The molecule has 6 aromatic heterocycles. The van der Waals surface area contributed by atoms with Crippen LogP contribution in [0.5, 0.6) is 0 Å². The second-order valence-corrected chi connectivity index (χ2v) is 11.0. The third-order valence-corrected chi connectivity index (χ3v) is 5.57. The minimum Gasteiger partial charge on any atom is -0.550 e. The van der Waals surface area contributed by atoms with E-state index in [2.05, 4.69) is 15.0 Å². The summed E-state index contributed by atoms with van der Waals surface area (Å²) in [4.78, 5) is 31.1. The number of carboxylic acids is 2. The molecule has 0 aromatic carbocycles. The fourth-order valence-corrected chi connectivity index (χ4v) is 3.96. The van der Waals surface area contributed by atoms with E-state index in [1.54, 1.807) is 18.6 Å². The number of hydrogen-bond donors (Lipinski definition) is 0. The van der Waals surface area contributed by atoms with Gasteiger partial charge in [0, 0.05) is 30.5 Å². The van der Waals surface area contributed by atoms with Gasteiger partial charge in [-0.15, -0.1) is 0 Å². The van der Waals surface area contributed by atoms with Crippen LogP contribution in [0.1, 0.15) is 13.8 Å². The Kier molecular flexibility index (Phi) is 19.7. The normalized spacial score (nSPS) is 9.73. The van der Waals surface area contributed by atoms with Crippen molar-refractivity contribution in [3.8, 4) is 34.2 Å². The number of rotatable bonds is 6. The van der Waals surface area contributed by atoms with Gasteiger partial charge in [-0.3, -0.25) is 15.0 Å². The summed E-state index contributed by atoms with van der Waals surface area (Å²) in [6.45, 7) is 1.94. The van der Waals surface area contributed by atoms with Gasteiger partial charge in [-0.25, -0.2) is 15.3 Å². The largest absolute Gasteiger partial charge is 3.00 e. The molecule has 6 aromatic rings. The van der Waals surface area contributed by atoms with Gasteiger partial charge in [0.05, 0.1) is 17.1 Å². The molecule has 3 N–H and O–H groups in total. The Labute approximate surface area is 331 Å². The van der Waals surface area contributed by atoms with Gasteiger partial charge in [-0.1, -0.05) is 53.0 Å². The van der Waals surface area contributed by atoms with E-state index in [1.165, 1.54) is 0 Å². The second-order valence-electron chi connectivity index (χ2n) is 9.02. The summed E-state index contributed by atoms with van der Waals surface area (Å²) in [5.41, 5.74) is 4.78. The molecule has 19 heteroatoms. The summed E-state index contributed by atoms with van der Waals surface area (Å²) < 4.78 is 4.94. The van der Waals surface area contributed by atoms with Crippen LogP contribution in [0.4, 0.5) is 0 Å². The van der Waals surface area contributed by atoms with Crippen molar-refractivity contribution >= 4 is 53.9 Å². The minimum absolute atomic E-state index is 0. The molecule has 0 saturated heterocycles. The first-order valence-corrected chi connectivity index (χ1v) is 14.7. The van der Waals surface area contributed by atoms with Gasteiger partial charge in [0.15, 0.2) is 4.30 Å². The maximum absolute atomic E-state index is 8.89. The molecule has 14 nitrogen and oxygen atoms in total. The molecule has 0 spiro atoms. The third-order valence-electron chi connectivity index (χ3n) is 5.57. The zero-order chi connectivity index (χ0) is 33.5. The molecular formula is C29H29BCl3EuN9O5+. The van der Waals surface area contributed by atoms with Crippen molar-refractivity contribution in [3.05, 3.63) is 110 Å². The minimum atomic E-state index is -1.56. The van der Waals surface area contributed by atoms with Gasteiger partial charge in [-0.05, 0) is 87.0 Å². The average molecular weight is 853 g/mol. The summed E-state index contributed by atoms with van der Waals surface area (Å²) in [7, 11) is -1.56. The van der Waals surface area contributed by atoms with Crippen LogP contribution in [-0.4, -0.2) is 67.4 Å². The molecule has 0 radical (unpaired) electrons. The fourth-order valence-electron chi connectivity index (χ4n) is 3.96. The van der Waals surface area contributed by atoms with E-state index in [0.717, 1.165) is 48.0 Å². The molecule has 6 rings (SSSR count). The van der Waals surface area contributed by atoms with E-state index in [9.17, 15) is 0 Å². The zero-order valence-corrected chi connectivity index (χ0v) is 30.1. The molecule has 0 aliphatic heterocycles. The first-order valence-electron chi connectivity index (χ1n) is 13.4. The van der Waals surface area contributed by atoms with E-state index < -0.39 is 23.4 Å². The standard InChI is InChI=1S/C24H19BN9.2C2H4O2.CHCl3.Eu.H2O/c1-4-13-26-19(7-1)22-10-16-32(29-22)25(33-17-11-23(30-33)20-8-2-5-14-27-20)34-18-12-24(31-34)21-9-3-6-15-28-21;2*1-2(3)4;2-1(3)4;;/h1-18,25H;2*1H3,(H,3,4);1H;;1H2/q-1;;;;+3;/p-1.